The van der Waals surface area contributed by atoms with E-state index in [9.17, 15) is 19.2 Å². The molecule has 0 radical (unpaired) electrons. The van der Waals surface area contributed by atoms with E-state index in [4.69, 9.17) is 20.9 Å². The first-order valence-electron chi connectivity index (χ1n) is 6.15. The third-order valence-electron chi connectivity index (χ3n) is 2.41. The van der Waals surface area contributed by atoms with Crippen LogP contribution >= 0.6 is 0 Å². The van der Waals surface area contributed by atoms with E-state index in [0.717, 1.165) is 6.42 Å². The Hall–Kier alpha value is -2.52. The van der Waals surface area contributed by atoms with Crippen LogP contribution in [0.25, 0.3) is 0 Å². The number of alkyl carbamates (subject to hydrolysis) is 2. The number of primary amides is 2. The highest BCUT2D eigenvalue weighted by Gasteiger charge is 2.28. The number of ether oxygens (including phenoxy) is 2. The SMILES string of the molecule is CCCC(C)(COC(=O)NC(N)=O)COC(=O)NC(N)=O. The van der Waals surface area contributed by atoms with Crippen molar-refractivity contribution in [1.82, 2.24) is 10.6 Å². The van der Waals surface area contributed by atoms with Gasteiger partial charge in [-0.25, -0.2) is 29.8 Å². The smallest absolute Gasteiger partial charge is 0.415 e. The predicted octanol–water partition coefficient (Wildman–Crippen LogP) is 0.403. The minimum atomic E-state index is -1.03. The Labute approximate surface area is 121 Å². The number of amides is 6. The van der Waals surface area contributed by atoms with Crippen LogP contribution in [0.3, 0.4) is 0 Å². The lowest BCUT2D eigenvalue weighted by Gasteiger charge is -2.27. The Bertz CT molecular complexity index is 380. The van der Waals surface area contributed by atoms with Gasteiger partial charge in [-0.1, -0.05) is 20.3 Å². The van der Waals surface area contributed by atoms with Crippen molar-refractivity contribution < 1.29 is 28.7 Å². The van der Waals surface area contributed by atoms with Gasteiger partial charge in [0.05, 0.1) is 0 Å². The molecule has 0 aromatic carbocycles. The molecule has 0 aliphatic heterocycles. The summed E-state index contributed by atoms with van der Waals surface area (Å²) in [6.07, 6.45) is -0.684. The highest BCUT2D eigenvalue weighted by Crippen LogP contribution is 2.24. The quantitative estimate of drug-likeness (QED) is 0.555. The molecule has 0 saturated heterocycles. The fraction of sp³-hybridized carbons (Fsp3) is 0.636. The van der Waals surface area contributed by atoms with Crippen LogP contribution in [0.5, 0.6) is 0 Å². The zero-order valence-electron chi connectivity index (χ0n) is 11.9. The molecule has 6 amide bonds. The van der Waals surface area contributed by atoms with E-state index in [-0.39, 0.29) is 13.2 Å². The molecule has 0 heterocycles. The second-order valence-electron chi connectivity index (χ2n) is 4.69. The average molecular weight is 304 g/mol. The van der Waals surface area contributed by atoms with Gasteiger partial charge in [0.2, 0.25) is 0 Å². The molecule has 0 atom stereocenters. The maximum Gasteiger partial charge on any atom is 0.415 e. The lowest BCUT2D eigenvalue weighted by Crippen LogP contribution is -2.40. The lowest BCUT2D eigenvalue weighted by molar-refractivity contribution is 0.0330. The van der Waals surface area contributed by atoms with E-state index in [1.54, 1.807) is 17.6 Å². The zero-order chi connectivity index (χ0) is 16.5. The second-order valence-corrected chi connectivity index (χ2v) is 4.69. The van der Waals surface area contributed by atoms with Crippen LogP contribution in [-0.4, -0.2) is 37.5 Å². The van der Waals surface area contributed by atoms with Gasteiger partial charge in [-0.15, -0.1) is 0 Å². The highest BCUT2D eigenvalue weighted by atomic mass is 16.6. The molecular formula is C11H20N4O6. The summed E-state index contributed by atoms with van der Waals surface area (Å²) in [6, 6.07) is -2.07. The van der Waals surface area contributed by atoms with Crippen molar-refractivity contribution in [3.05, 3.63) is 0 Å². The van der Waals surface area contributed by atoms with Gasteiger partial charge in [0.25, 0.3) is 0 Å². The molecule has 0 fully saturated rings. The Kier molecular flexibility index (Phi) is 7.58. The van der Waals surface area contributed by atoms with Crippen molar-refractivity contribution in [3.8, 4) is 0 Å². The molecule has 6 N–H and O–H groups in total. The van der Waals surface area contributed by atoms with Gasteiger partial charge in [0.1, 0.15) is 13.2 Å². The minimum absolute atomic E-state index is 0.107. The molecule has 10 nitrogen and oxygen atoms in total. The molecule has 120 valence electrons. The molecule has 0 aliphatic rings. The molecule has 0 bridgehead atoms. The van der Waals surface area contributed by atoms with Gasteiger partial charge in [0.15, 0.2) is 0 Å². The van der Waals surface area contributed by atoms with E-state index in [1.807, 2.05) is 6.92 Å². The standard InChI is InChI=1S/C11H20N4O6/c1-3-4-11(2,5-20-9(18)14-7(12)16)6-21-10(19)15-8(13)17/h3-6H2,1-2H3,(H3,12,14,16,18)(H3,13,15,17,19). The first-order valence-corrected chi connectivity index (χ1v) is 6.15. The van der Waals surface area contributed by atoms with E-state index in [0.29, 0.717) is 6.42 Å². The van der Waals surface area contributed by atoms with E-state index in [2.05, 4.69) is 0 Å². The maximum absolute atomic E-state index is 11.2. The summed E-state index contributed by atoms with van der Waals surface area (Å²) in [6.45, 7) is 3.39. The second kappa shape index (κ2) is 8.61. The Morgan fingerprint density at radius 3 is 1.62 bits per heavy atom. The Balaban J connectivity index is 4.40. The fourth-order valence-corrected chi connectivity index (χ4v) is 1.54. The van der Waals surface area contributed by atoms with Gasteiger partial charge in [-0.05, 0) is 6.42 Å². The molecule has 0 aliphatic carbocycles. The summed E-state index contributed by atoms with van der Waals surface area (Å²) in [5.74, 6) is 0. The molecule has 0 rings (SSSR count). The lowest BCUT2D eigenvalue weighted by atomic mass is 9.87. The van der Waals surface area contributed by atoms with Crippen LogP contribution < -0.4 is 22.1 Å². The summed E-state index contributed by atoms with van der Waals surface area (Å²) in [4.78, 5) is 43.3. The largest absolute Gasteiger partial charge is 0.448 e. The number of nitrogens with two attached hydrogens (primary N) is 2. The normalized spacial score (nSPS) is 10.4. The number of rotatable bonds is 6. The number of imide groups is 2. The van der Waals surface area contributed by atoms with E-state index >= 15 is 0 Å². The van der Waals surface area contributed by atoms with Crippen molar-refractivity contribution in [2.24, 2.45) is 16.9 Å². The summed E-state index contributed by atoms with van der Waals surface area (Å²) in [5.41, 5.74) is 8.85. The van der Waals surface area contributed by atoms with Crippen molar-refractivity contribution in [3.63, 3.8) is 0 Å². The number of carbonyl (C=O) groups excluding carboxylic acids is 4. The van der Waals surface area contributed by atoms with E-state index in [1.165, 1.54) is 0 Å². The average Bonchev–Trinajstić information content (AvgIpc) is 2.33. The monoisotopic (exact) mass is 304 g/mol. The molecular weight excluding hydrogens is 284 g/mol. The van der Waals surface area contributed by atoms with E-state index < -0.39 is 29.7 Å². The number of urea groups is 2. The van der Waals surface area contributed by atoms with Crippen molar-refractivity contribution in [1.29, 1.82) is 0 Å². The first-order chi connectivity index (χ1) is 9.68. The van der Waals surface area contributed by atoms with Gasteiger partial charge < -0.3 is 20.9 Å². The van der Waals surface area contributed by atoms with Crippen LogP contribution in [0.1, 0.15) is 26.7 Å². The van der Waals surface area contributed by atoms with Crippen molar-refractivity contribution in [2.45, 2.75) is 26.7 Å². The Morgan fingerprint density at radius 2 is 1.33 bits per heavy atom. The predicted molar refractivity (Wildman–Crippen MR) is 71.1 cm³/mol. The minimum Gasteiger partial charge on any atom is -0.448 e. The molecule has 0 saturated carbocycles. The third kappa shape index (κ3) is 9.08. The van der Waals surface area contributed by atoms with Crippen molar-refractivity contribution >= 4 is 24.2 Å². The van der Waals surface area contributed by atoms with Crippen LogP contribution in [0.2, 0.25) is 0 Å². The fourth-order valence-electron chi connectivity index (χ4n) is 1.54. The molecule has 21 heavy (non-hydrogen) atoms. The molecule has 0 unspecified atom stereocenters. The van der Waals surface area contributed by atoms with Gasteiger partial charge in [0, 0.05) is 5.41 Å². The van der Waals surface area contributed by atoms with Crippen LogP contribution in [0.4, 0.5) is 19.2 Å². The van der Waals surface area contributed by atoms with Gasteiger partial charge >= 0.3 is 24.2 Å². The number of nitrogens with one attached hydrogen (secondary N) is 2. The maximum atomic E-state index is 11.2. The highest BCUT2D eigenvalue weighted by molar-refractivity contribution is 5.90. The first kappa shape index (κ1) is 18.5. The summed E-state index contributed by atoms with van der Waals surface area (Å²) in [5, 5.41) is 3.49. The molecule has 0 aromatic heterocycles. The topological polar surface area (TPSA) is 163 Å². The third-order valence-corrected chi connectivity index (χ3v) is 2.41. The summed E-state index contributed by atoms with van der Waals surface area (Å²) >= 11 is 0. The molecule has 10 heteroatoms. The number of hydrogen-bond donors (Lipinski definition) is 4. The molecule has 0 spiro atoms. The Morgan fingerprint density at radius 1 is 0.952 bits per heavy atom. The summed E-state index contributed by atoms with van der Waals surface area (Å²) in [7, 11) is 0. The number of carbonyl (C=O) groups is 4. The van der Waals surface area contributed by atoms with Gasteiger partial charge in [-0.3, -0.25) is 0 Å². The van der Waals surface area contributed by atoms with Gasteiger partial charge in [-0.2, -0.15) is 0 Å². The molecule has 0 aromatic rings. The van der Waals surface area contributed by atoms with Crippen molar-refractivity contribution in [2.75, 3.05) is 13.2 Å². The number of hydrogen-bond acceptors (Lipinski definition) is 6. The van der Waals surface area contributed by atoms with Crippen LogP contribution in [0.15, 0.2) is 0 Å². The summed E-state index contributed by atoms with van der Waals surface area (Å²) < 4.78 is 9.66. The van der Waals surface area contributed by atoms with Crippen LogP contribution in [-0.2, 0) is 9.47 Å². The zero-order valence-corrected chi connectivity index (χ0v) is 11.9. The van der Waals surface area contributed by atoms with Crippen LogP contribution in [0, 0.1) is 5.41 Å².